The molecule has 202 valence electrons. The normalized spacial score (nSPS) is 12.8. The lowest BCUT2D eigenvalue weighted by molar-refractivity contribution is -0.143. The summed E-state index contributed by atoms with van der Waals surface area (Å²) >= 11 is 0. The zero-order valence-electron chi connectivity index (χ0n) is 22.2. The molecule has 1 aromatic carbocycles. The molecule has 1 rings (SSSR count). The number of nitrogens with one attached hydrogen (secondary N) is 3. The van der Waals surface area contributed by atoms with Gasteiger partial charge in [-0.05, 0) is 57.9 Å². The van der Waals surface area contributed by atoms with Crippen LogP contribution in [0.4, 0.5) is 9.59 Å². The molecule has 0 unspecified atom stereocenters. The summed E-state index contributed by atoms with van der Waals surface area (Å²) in [6.45, 7) is 9.61. The Morgan fingerprint density at radius 3 is 2.14 bits per heavy atom. The minimum atomic E-state index is -0.864. The Hall–Kier alpha value is -3.30. The van der Waals surface area contributed by atoms with Gasteiger partial charge in [0.2, 0.25) is 5.91 Å². The van der Waals surface area contributed by atoms with Gasteiger partial charge < -0.3 is 30.2 Å². The van der Waals surface area contributed by atoms with E-state index in [0.717, 1.165) is 5.56 Å². The van der Waals surface area contributed by atoms with Crippen LogP contribution >= 0.6 is 0 Å². The Morgan fingerprint density at radius 2 is 1.56 bits per heavy atom. The highest BCUT2D eigenvalue weighted by Crippen LogP contribution is 2.10. The number of unbranched alkanes of at least 4 members (excludes halogenated alkanes) is 1. The third-order valence-corrected chi connectivity index (χ3v) is 4.92. The third kappa shape index (κ3) is 13.6. The van der Waals surface area contributed by atoms with Gasteiger partial charge >= 0.3 is 18.2 Å². The van der Waals surface area contributed by atoms with E-state index >= 15 is 0 Å². The smallest absolute Gasteiger partial charge is 0.408 e. The van der Waals surface area contributed by atoms with Gasteiger partial charge in [-0.1, -0.05) is 44.2 Å². The number of esters is 1. The average Bonchev–Trinajstić information content (AvgIpc) is 2.79. The van der Waals surface area contributed by atoms with Gasteiger partial charge in [0.15, 0.2) is 0 Å². The van der Waals surface area contributed by atoms with Gasteiger partial charge in [-0.25, -0.2) is 14.4 Å². The SMILES string of the molecule is COC(=O)[C@H](CCCCNC(=O)[C@H](CC(C)C)NC(=O)OC(C)(C)C)NC(=O)OCc1ccccc1. The van der Waals surface area contributed by atoms with Crippen molar-refractivity contribution in [3.05, 3.63) is 35.9 Å². The molecule has 0 radical (unpaired) electrons. The van der Waals surface area contributed by atoms with Gasteiger partial charge in [-0.15, -0.1) is 0 Å². The molecule has 0 aliphatic rings. The quantitative estimate of drug-likeness (QED) is 0.211. The first-order valence-corrected chi connectivity index (χ1v) is 12.2. The topological polar surface area (TPSA) is 132 Å². The molecule has 0 aromatic heterocycles. The zero-order valence-corrected chi connectivity index (χ0v) is 22.2. The third-order valence-electron chi connectivity index (χ3n) is 4.92. The fourth-order valence-corrected chi connectivity index (χ4v) is 3.26. The maximum atomic E-state index is 12.6. The van der Waals surface area contributed by atoms with E-state index in [4.69, 9.17) is 14.2 Å². The number of benzene rings is 1. The molecule has 0 saturated heterocycles. The molecule has 0 fully saturated rings. The highest BCUT2D eigenvalue weighted by atomic mass is 16.6. The van der Waals surface area contributed by atoms with E-state index in [1.54, 1.807) is 20.8 Å². The van der Waals surface area contributed by atoms with Crippen molar-refractivity contribution >= 4 is 24.1 Å². The first-order chi connectivity index (χ1) is 16.9. The maximum absolute atomic E-state index is 12.6. The molecule has 0 saturated carbocycles. The van der Waals surface area contributed by atoms with Crippen LogP contribution < -0.4 is 16.0 Å². The summed E-state index contributed by atoms with van der Waals surface area (Å²) in [4.78, 5) is 48.9. The van der Waals surface area contributed by atoms with Gasteiger partial charge in [0.25, 0.3) is 0 Å². The molecule has 0 aliphatic carbocycles. The molecule has 3 N–H and O–H groups in total. The molecular weight excluding hydrogens is 466 g/mol. The van der Waals surface area contributed by atoms with Gasteiger partial charge in [0.05, 0.1) is 7.11 Å². The van der Waals surface area contributed by atoms with E-state index in [1.807, 2.05) is 44.2 Å². The van der Waals surface area contributed by atoms with E-state index in [-0.39, 0.29) is 18.4 Å². The predicted octanol–water partition coefficient (Wildman–Crippen LogP) is 3.68. The number of hydrogen-bond donors (Lipinski definition) is 3. The molecule has 2 atom stereocenters. The van der Waals surface area contributed by atoms with Crippen LogP contribution in [0.15, 0.2) is 30.3 Å². The Bertz CT molecular complexity index is 838. The van der Waals surface area contributed by atoms with Crippen molar-refractivity contribution in [2.24, 2.45) is 5.92 Å². The second kappa shape index (κ2) is 15.6. The molecule has 0 bridgehead atoms. The number of hydrogen-bond acceptors (Lipinski definition) is 7. The molecule has 0 aliphatic heterocycles. The lowest BCUT2D eigenvalue weighted by Crippen LogP contribution is -2.49. The number of rotatable bonds is 13. The molecule has 36 heavy (non-hydrogen) atoms. The second-order valence-electron chi connectivity index (χ2n) is 9.90. The minimum absolute atomic E-state index is 0.0848. The van der Waals surface area contributed by atoms with E-state index < -0.39 is 35.8 Å². The summed E-state index contributed by atoms with van der Waals surface area (Å²) in [5, 5.41) is 7.98. The summed E-state index contributed by atoms with van der Waals surface area (Å²) in [6, 6.07) is 7.61. The predicted molar refractivity (Wildman–Crippen MR) is 135 cm³/mol. The van der Waals surface area contributed by atoms with Crippen LogP contribution in [0.5, 0.6) is 0 Å². The van der Waals surface area contributed by atoms with Crippen LogP contribution in [0, 0.1) is 5.92 Å². The number of ether oxygens (including phenoxy) is 3. The molecular formula is C26H41N3O7. The van der Waals surface area contributed by atoms with E-state index in [9.17, 15) is 19.2 Å². The molecule has 10 nitrogen and oxygen atoms in total. The Morgan fingerprint density at radius 1 is 0.917 bits per heavy atom. The molecule has 10 heteroatoms. The standard InChI is InChI=1S/C26H41N3O7/c1-18(2)16-21(29-25(33)36-26(3,4)5)22(30)27-15-11-10-14-20(23(31)34-6)28-24(32)35-17-19-12-8-7-9-13-19/h7-9,12-13,18,20-21H,10-11,14-17H2,1-6H3,(H,27,30)(H,28,32)(H,29,33)/t20-,21-/m0/s1. The average molecular weight is 508 g/mol. The van der Waals surface area contributed by atoms with Gasteiger partial charge in [-0.2, -0.15) is 0 Å². The fourth-order valence-electron chi connectivity index (χ4n) is 3.26. The van der Waals surface area contributed by atoms with Crippen LogP contribution in [0.1, 0.15) is 65.9 Å². The summed E-state index contributed by atoms with van der Waals surface area (Å²) in [7, 11) is 1.25. The van der Waals surface area contributed by atoms with Crippen molar-refractivity contribution < 1.29 is 33.4 Å². The number of alkyl carbamates (subject to hydrolysis) is 2. The fraction of sp³-hybridized carbons (Fsp3) is 0.615. The second-order valence-corrected chi connectivity index (χ2v) is 9.90. The molecule has 1 aromatic rings. The first-order valence-electron chi connectivity index (χ1n) is 12.2. The summed E-state index contributed by atoms with van der Waals surface area (Å²) in [6.07, 6.45) is 0.509. The monoisotopic (exact) mass is 507 g/mol. The molecule has 3 amide bonds. The van der Waals surface area contributed by atoms with Crippen molar-refractivity contribution in [3.63, 3.8) is 0 Å². The minimum Gasteiger partial charge on any atom is -0.467 e. The van der Waals surface area contributed by atoms with Gasteiger partial charge in [0.1, 0.15) is 24.3 Å². The maximum Gasteiger partial charge on any atom is 0.408 e. The van der Waals surface area contributed by atoms with Crippen molar-refractivity contribution in [1.82, 2.24) is 16.0 Å². The summed E-state index contributed by atoms with van der Waals surface area (Å²) < 4.78 is 15.2. The van der Waals surface area contributed by atoms with E-state index in [1.165, 1.54) is 7.11 Å². The van der Waals surface area contributed by atoms with Crippen molar-refractivity contribution in [2.75, 3.05) is 13.7 Å². The van der Waals surface area contributed by atoms with Crippen molar-refractivity contribution in [1.29, 1.82) is 0 Å². The Labute approximate surface area is 213 Å². The van der Waals surface area contributed by atoms with Crippen molar-refractivity contribution in [2.45, 2.75) is 84.6 Å². The van der Waals surface area contributed by atoms with E-state index in [0.29, 0.717) is 32.2 Å². The number of carbonyl (C=O) groups excluding carboxylic acids is 4. The first kappa shape index (κ1) is 30.7. The number of carbonyl (C=O) groups is 4. The molecule has 0 heterocycles. The van der Waals surface area contributed by atoms with Crippen LogP contribution in [-0.2, 0) is 30.4 Å². The highest BCUT2D eigenvalue weighted by molar-refractivity contribution is 5.85. The van der Waals surface area contributed by atoms with Gasteiger partial charge in [-0.3, -0.25) is 4.79 Å². The van der Waals surface area contributed by atoms with Crippen molar-refractivity contribution in [3.8, 4) is 0 Å². The van der Waals surface area contributed by atoms with E-state index in [2.05, 4.69) is 16.0 Å². The van der Waals surface area contributed by atoms with Crippen LogP contribution in [-0.4, -0.2) is 55.4 Å². The van der Waals surface area contributed by atoms with Crippen LogP contribution in [0.2, 0.25) is 0 Å². The molecule has 0 spiro atoms. The lowest BCUT2D eigenvalue weighted by atomic mass is 10.0. The summed E-state index contributed by atoms with van der Waals surface area (Å²) in [5.41, 5.74) is 0.163. The highest BCUT2D eigenvalue weighted by Gasteiger charge is 2.25. The Balaban J connectivity index is 2.47. The summed E-state index contributed by atoms with van der Waals surface area (Å²) in [5.74, 6) is -0.694. The zero-order chi connectivity index (χ0) is 27.1. The van der Waals surface area contributed by atoms with Crippen LogP contribution in [0.25, 0.3) is 0 Å². The largest absolute Gasteiger partial charge is 0.467 e. The van der Waals surface area contributed by atoms with Gasteiger partial charge in [0, 0.05) is 6.54 Å². The number of methoxy groups -OCH3 is 1. The lowest BCUT2D eigenvalue weighted by Gasteiger charge is -2.24. The van der Waals surface area contributed by atoms with Crippen LogP contribution in [0.3, 0.4) is 0 Å². The number of amides is 3. The Kier molecular flexibility index (Phi) is 13.4.